The summed E-state index contributed by atoms with van der Waals surface area (Å²) in [6.45, 7) is 3.76. The highest BCUT2D eigenvalue weighted by Crippen LogP contribution is 2.33. The molecule has 20 heavy (non-hydrogen) atoms. The van der Waals surface area contributed by atoms with Crippen LogP contribution in [0.5, 0.6) is 11.5 Å². The van der Waals surface area contributed by atoms with Gasteiger partial charge in [0.15, 0.2) is 11.5 Å². The van der Waals surface area contributed by atoms with Gasteiger partial charge in [0, 0.05) is 24.8 Å². The number of benzene rings is 1. The minimum absolute atomic E-state index is 0.0283. The Balaban J connectivity index is 2.26. The second-order valence-corrected chi connectivity index (χ2v) is 5.11. The summed E-state index contributed by atoms with van der Waals surface area (Å²) in [6, 6.07) is 3.30. The van der Waals surface area contributed by atoms with Crippen LogP contribution in [0, 0.1) is 5.92 Å². The molecular formula is C15H22N2O3. The smallest absolute Gasteiger partial charge is 0.256 e. The van der Waals surface area contributed by atoms with E-state index in [4.69, 9.17) is 15.2 Å². The topological polar surface area (TPSA) is 64.8 Å². The summed E-state index contributed by atoms with van der Waals surface area (Å²) in [5, 5.41) is 0. The van der Waals surface area contributed by atoms with Crippen molar-refractivity contribution in [2.24, 2.45) is 5.92 Å². The molecule has 1 amide bonds. The molecule has 2 rings (SSSR count). The van der Waals surface area contributed by atoms with Crippen molar-refractivity contribution in [1.82, 2.24) is 4.90 Å². The van der Waals surface area contributed by atoms with E-state index in [2.05, 4.69) is 6.92 Å². The van der Waals surface area contributed by atoms with Crippen molar-refractivity contribution >= 4 is 11.6 Å². The van der Waals surface area contributed by atoms with Crippen molar-refractivity contribution in [3.63, 3.8) is 0 Å². The van der Waals surface area contributed by atoms with Crippen molar-refractivity contribution in [2.45, 2.75) is 19.8 Å². The van der Waals surface area contributed by atoms with E-state index in [0.717, 1.165) is 25.9 Å². The summed E-state index contributed by atoms with van der Waals surface area (Å²) < 4.78 is 10.4. The van der Waals surface area contributed by atoms with Crippen LogP contribution in [0.1, 0.15) is 30.1 Å². The lowest BCUT2D eigenvalue weighted by Crippen LogP contribution is -2.29. The number of ether oxygens (including phenoxy) is 2. The summed E-state index contributed by atoms with van der Waals surface area (Å²) >= 11 is 0. The third kappa shape index (κ3) is 2.66. The molecule has 1 aliphatic heterocycles. The highest BCUT2D eigenvalue weighted by Gasteiger charge is 2.27. The van der Waals surface area contributed by atoms with E-state index >= 15 is 0 Å². The van der Waals surface area contributed by atoms with Crippen molar-refractivity contribution in [3.8, 4) is 11.5 Å². The Morgan fingerprint density at radius 1 is 1.35 bits per heavy atom. The Morgan fingerprint density at radius 3 is 2.55 bits per heavy atom. The molecule has 5 nitrogen and oxygen atoms in total. The Hall–Kier alpha value is -1.91. The number of hydrogen-bond acceptors (Lipinski definition) is 4. The van der Waals surface area contributed by atoms with Crippen LogP contribution in [0.4, 0.5) is 5.69 Å². The Labute approximate surface area is 119 Å². The predicted octanol–water partition coefficient (Wildman–Crippen LogP) is 2.16. The number of carbonyl (C=O) groups excluding carboxylic acids is 1. The molecule has 1 aromatic rings. The zero-order chi connectivity index (χ0) is 14.7. The van der Waals surface area contributed by atoms with Gasteiger partial charge in [0.05, 0.1) is 19.8 Å². The molecule has 0 bridgehead atoms. The minimum Gasteiger partial charge on any atom is -0.493 e. The molecule has 1 saturated heterocycles. The molecular weight excluding hydrogens is 256 g/mol. The van der Waals surface area contributed by atoms with Gasteiger partial charge in [-0.3, -0.25) is 4.79 Å². The van der Waals surface area contributed by atoms with E-state index < -0.39 is 0 Å². The standard InChI is InChI=1S/C15H22N2O3/c1-4-10-5-6-17(9-10)15(18)11-7-13(19-2)14(20-3)8-12(11)16/h7-8,10H,4-6,9,16H2,1-3H3. The molecule has 1 fully saturated rings. The number of amides is 1. The Kier molecular flexibility index (Phi) is 4.37. The number of methoxy groups -OCH3 is 2. The highest BCUT2D eigenvalue weighted by molar-refractivity contribution is 6.00. The van der Waals surface area contributed by atoms with Crippen LogP contribution in [0.15, 0.2) is 12.1 Å². The summed E-state index contributed by atoms with van der Waals surface area (Å²) in [5.41, 5.74) is 6.88. The van der Waals surface area contributed by atoms with E-state index in [1.807, 2.05) is 4.90 Å². The zero-order valence-corrected chi connectivity index (χ0v) is 12.3. The fraction of sp³-hybridized carbons (Fsp3) is 0.533. The first-order valence-corrected chi connectivity index (χ1v) is 6.91. The number of hydrogen-bond donors (Lipinski definition) is 1. The average molecular weight is 278 g/mol. The highest BCUT2D eigenvalue weighted by atomic mass is 16.5. The normalized spacial score (nSPS) is 18.1. The second kappa shape index (κ2) is 6.03. The molecule has 110 valence electrons. The maximum atomic E-state index is 12.5. The lowest BCUT2D eigenvalue weighted by molar-refractivity contribution is 0.0787. The van der Waals surface area contributed by atoms with Gasteiger partial charge in [-0.15, -0.1) is 0 Å². The first-order valence-electron chi connectivity index (χ1n) is 6.91. The van der Waals surface area contributed by atoms with Gasteiger partial charge < -0.3 is 20.1 Å². The molecule has 2 N–H and O–H groups in total. The van der Waals surface area contributed by atoms with Crippen LogP contribution in [0.3, 0.4) is 0 Å². The van der Waals surface area contributed by atoms with E-state index in [0.29, 0.717) is 28.7 Å². The number of nitrogen functional groups attached to an aromatic ring is 1. The van der Waals surface area contributed by atoms with Crippen LogP contribution < -0.4 is 15.2 Å². The fourth-order valence-electron chi connectivity index (χ4n) is 2.60. The number of nitrogens with zero attached hydrogens (tertiary/aromatic N) is 1. The lowest BCUT2D eigenvalue weighted by Gasteiger charge is -2.19. The van der Waals surface area contributed by atoms with Crippen LogP contribution in [0.2, 0.25) is 0 Å². The first-order chi connectivity index (χ1) is 9.60. The quantitative estimate of drug-likeness (QED) is 0.857. The average Bonchev–Trinajstić information content (AvgIpc) is 2.95. The number of nitrogens with two attached hydrogens (primary N) is 1. The SMILES string of the molecule is CCC1CCN(C(=O)c2cc(OC)c(OC)cc2N)C1. The van der Waals surface area contributed by atoms with Crippen LogP contribution in [0.25, 0.3) is 0 Å². The summed E-state index contributed by atoms with van der Waals surface area (Å²) in [7, 11) is 3.09. The molecule has 0 aromatic heterocycles. The molecule has 0 radical (unpaired) electrons. The predicted molar refractivity (Wildman–Crippen MR) is 78.3 cm³/mol. The Bertz CT molecular complexity index is 502. The van der Waals surface area contributed by atoms with Crippen LogP contribution in [-0.4, -0.2) is 38.1 Å². The van der Waals surface area contributed by atoms with Gasteiger partial charge in [-0.1, -0.05) is 13.3 Å². The number of anilines is 1. The summed E-state index contributed by atoms with van der Waals surface area (Å²) in [5.74, 6) is 1.63. The van der Waals surface area contributed by atoms with Gasteiger partial charge >= 0.3 is 0 Å². The number of likely N-dealkylation sites (tertiary alicyclic amines) is 1. The van der Waals surface area contributed by atoms with E-state index in [-0.39, 0.29) is 5.91 Å². The maximum absolute atomic E-state index is 12.5. The third-order valence-corrected chi connectivity index (χ3v) is 3.94. The maximum Gasteiger partial charge on any atom is 0.256 e. The van der Waals surface area contributed by atoms with Crippen LogP contribution >= 0.6 is 0 Å². The van der Waals surface area contributed by atoms with Crippen molar-refractivity contribution in [1.29, 1.82) is 0 Å². The monoisotopic (exact) mass is 278 g/mol. The molecule has 1 aliphatic rings. The van der Waals surface area contributed by atoms with E-state index in [9.17, 15) is 4.79 Å². The summed E-state index contributed by atoms with van der Waals surface area (Å²) in [6.07, 6.45) is 2.17. The lowest BCUT2D eigenvalue weighted by atomic mass is 10.1. The molecule has 5 heteroatoms. The minimum atomic E-state index is -0.0283. The first kappa shape index (κ1) is 14.5. The zero-order valence-electron chi connectivity index (χ0n) is 12.3. The molecule has 1 unspecified atom stereocenters. The number of carbonyl (C=O) groups is 1. The van der Waals surface area contributed by atoms with Gasteiger partial charge in [0.25, 0.3) is 5.91 Å². The van der Waals surface area contributed by atoms with Crippen molar-refractivity contribution in [3.05, 3.63) is 17.7 Å². The van der Waals surface area contributed by atoms with Crippen molar-refractivity contribution < 1.29 is 14.3 Å². The van der Waals surface area contributed by atoms with Gasteiger partial charge in [0.1, 0.15) is 0 Å². The number of rotatable bonds is 4. The molecule has 1 aromatic carbocycles. The second-order valence-electron chi connectivity index (χ2n) is 5.11. The fourth-order valence-corrected chi connectivity index (χ4v) is 2.60. The van der Waals surface area contributed by atoms with Gasteiger partial charge in [0.2, 0.25) is 0 Å². The molecule has 0 saturated carbocycles. The Morgan fingerprint density at radius 2 is 2.00 bits per heavy atom. The van der Waals surface area contributed by atoms with Crippen LogP contribution in [-0.2, 0) is 0 Å². The molecule has 1 heterocycles. The largest absolute Gasteiger partial charge is 0.493 e. The van der Waals surface area contributed by atoms with Gasteiger partial charge in [-0.05, 0) is 18.4 Å². The van der Waals surface area contributed by atoms with Gasteiger partial charge in [-0.25, -0.2) is 0 Å². The van der Waals surface area contributed by atoms with E-state index in [1.165, 1.54) is 0 Å². The van der Waals surface area contributed by atoms with Crippen molar-refractivity contribution in [2.75, 3.05) is 33.0 Å². The summed E-state index contributed by atoms with van der Waals surface area (Å²) in [4.78, 5) is 14.4. The molecule has 0 aliphatic carbocycles. The third-order valence-electron chi connectivity index (χ3n) is 3.94. The molecule has 1 atom stereocenters. The molecule has 0 spiro atoms. The van der Waals surface area contributed by atoms with E-state index in [1.54, 1.807) is 26.4 Å². The van der Waals surface area contributed by atoms with Gasteiger partial charge in [-0.2, -0.15) is 0 Å².